The van der Waals surface area contributed by atoms with Crippen molar-refractivity contribution in [3.63, 3.8) is 0 Å². The largest absolute Gasteiger partial charge is 0.497 e. The summed E-state index contributed by atoms with van der Waals surface area (Å²) in [5, 5.41) is 17.3. The van der Waals surface area contributed by atoms with Gasteiger partial charge in [0.15, 0.2) is 0 Å². The number of hydrogen-bond donors (Lipinski definition) is 3. The number of sulfonamides is 1. The molecule has 0 radical (unpaired) electrons. The highest BCUT2D eigenvalue weighted by Gasteiger charge is 2.62. The first-order valence-electron chi connectivity index (χ1n) is 18.3. The van der Waals surface area contributed by atoms with Crippen LogP contribution in [0.3, 0.4) is 0 Å². The zero-order valence-corrected chi connectivity index (χ0v) is 33.4. The Labute approximate surface area is 328 Å². The van der Waals surface area contributed by atoms with E-state index in [9.17, 15) is 27.6 Å². The van der Waals surface area contributed by atoms with Gasteiger partial charge in [0.25, 0.3) is 11.8 Å². The van der Waals surface area contributed by atoms with Gasteiger partial charge in [-0.2, -0.15) is 9.90 Å². The van der Waals surface area contributed by atoms with Crippen LogP contribution in [0.15, 0.2) is 66.8 Å². The van der Waals surface area contributed by atoms with Gasteiger partial charge in [0, 0.05) is 49.3 Å². The molecule has 0 spiro atoms. The molecule has 3 aliphatic rings. The lowest BCUT2D eigenvalue weighted by Gasteiger charge is -2.35. The summed E-state index contributed by atoms with van der Waals surface area (Å²) in [6.07, 6.45) is 5.99. The quantitative estimate of drug-likeness (QED) is 0.169. The van der Waals surface area contributed by atoms with Crippen molar-refractivity contribution in [2.75, 3.05) is 13.7 Å². The van der Waals surface area contributed by atoms with Crippen LogP contribution in [-0.4, -0.2) is 98.0 Å². The van der Waals surface area contributed by atoms with Gasteiger partial charge in [-0.3, -0.25) is 23.9 Å². The molecule has 16 nitrogen and oxygen atoms in total. The van der Waals surface area contributed by atoms with E-state index in [-0.39, 0.29) is 19.4 Å². The van der Waals surface area contributed by atoms with Gasteiger partial charge >= 0.3 is 0 Å². The third kappa shape index (κ3) is 7.46. The SMILES string of the molecule is C=C[C@@H]1C[C@@]1(NC(=O)[C@@H]1C[C@@H](n2nc(-c3ccc(OC)cc3)c(-c3nccs3)n2)CN1C(=O)[C@H](NC(=O)c1cccn1C)C(C)(C)C)C(=O)NS(=O)(=O)C1CC1. The number of methoxy groups -OCH3 is 1. The molecule has 5 atom stereocenters. The minimum Gasteiger partial charge on any atom is -0.497 e. The number of hydrogen-bond acceptors (Lipinski definition) is 11. The van der Waals surface area contributed by atoms with Gasteiger partial charge in [-0.15, -0.1) is 23.0 Å². The number of nitrogens with zero attached hydrogens (tertiary/aromatic N) is 6. The predicted molar refractivity (Wildman–Crippen MR) is 208 cm³/mol. The Kier molecular flexibility index (Phi) is 10.2. The number of carbonyl (C=O) groups excluding carboxylic acids is 4. The van der Waals surface area contributed by atoms with E-state index in [1.54, 1.807) is 43.3 Å². The summed E-state index contributed by atoms with van der Waals surface area (Å²) in [6, 6.07) is 7.84. The molecule has 1 aromatic carbocycles. The lowest BCUT2D eigenvalue weighted by molar-refractivity contribution is -0.142. The number of ether oxygens (including phenoxy) is 1. The molecule has 0 bridgehead atoms. The Morgan fingerprint density at radius 2 is 1.80 bits per heavy atom. The second-order valence-electron chi connectivity index (χ2n) is 15.6. The lowest BCUT2D eigenvalue weighted by atomic mass is 9.85. The van der Waals surface area contributed by atoms with Gasteiger partial charge in [0.05, 0.1) is 18.4 Å². The van der Waals surface area contributed by atoms with E-state index in [0.717, 1.165) is 5.56 Å². The average molecular weight is 804 g/mol. The van der Waals surface area contributed by atoms with Crippen LogP contribution < -0.4 is 20.1 Å². The predicted octanol–water partition coefficient (Wildman–Crippen LogP) is 3.07. The maximum absolute atomic E-state index is 14.8. The molecular formula is C38H45N9O7S2. The van der Waals surface area contributed by atoms with Gasteiger partial charge < -0.3 is 24.8 Å². The molecule has 7 rings (SSSR count). The van der Waals surface area contributed by atoms with Crippen molar-refractivity contribution in [1.82, 2.24) is 44.8 Å². The number of aryl methyl sites for hydroxylation is 1. The summed E-state index contributed by atoms with van der Waals surface area (Å²) in [6.45, 7) is 9.23. The van der Waals surface area contributed by atoms with Crippen LogP contribution in [0.25, 0.3) is 22.0 Å². The van der Waals surface area contributed by atoms with Crippen LogP contribution in [-0.2, 0) is 31.5 Å². The van der Waals surface area contributed by atoms with Crippen LogP contribution in [0.4, 0.5) is 0 Å². The van der Waals surface area contributed by atoms with E-state index in [4.69, 9.17) is 14.9 Å². The topological polar surface area (TPSA) is 200 Å². The highest BCUT2D eigenvalue weighted by molar-refractivity contribution is 7.91. The van der Waals surface area contributed by atoms with Crippen LogP contribution in [0.2, 0.25) is 0 Å². The van der Waals surface area contributed by atoms with E-state index in [0.29, 0.717) is 40.7 Å². The summed E-state index contributed by atoms with van der Waals surface area (Å²) in [5.41, 5.74) is -0.227. The number of rotatable bonds is 13. The zero-order valence-electron chi connectivity index (χ0n) is 31.8. The molecule has 4 heterocycles. The maximum atomic E-state index is 14.8. The molecule has 18 heteroatoms. The molecule has 4 amide bonds. The summed E-state index contributed by atoms with van der Waals surface area (Å²) >= 11 is 1.39. The maximum Gasteiger partial charge on any atom is 0.268 e. The Balaban J connectivity index is 1.24. The molecule has 4 aromatic rings. The summed E-state index contributed by atoms with van der Waals surface area (Å²) in [5.74, 6) is -2.36. The van der Waals surface area contributed by atoms with Crippen molar-refractivity contribution < 1.29 is 32.3 Å². The minimum atomic E-state index is -3.92. The number of carbonyl (C=O) groups is 4. The van der Waals surface area contributed by atoms with Gasteiger partial charge in [-0.05, 0) is 61.1 Å². The Morgan fingerprint density at radius 1 is 1.09 bits per heavy atom. The van der Waals surface area contributed by atoms with E-state index in [2.05, 4.69) is 26.9 Å². The second-order valence-corrected chi connectivity index (χ2v) is 18.5. The first kappa shape index (κ1) is 38.9. The number of likely N-dealkylation sites (tertiary alicyclic amines) is 1. The van der Waals surface area contributed by atoms with Crippen LogP contribution in [0, 0.1) is 11.3 Å². The second kappa shape index (κ2) is 14.6. The number of amides is 4. The third-order valence-corrected chi connectivity index (χ3v) is 13.2. The molecule has 3 aromatic heterocycles. The number of benzene rings is 1. The van der Waals surface area contributed by atoms with Gasteiger partial charge in [0.2, 0.25) is 21.8 Å². The Morgan fingerprint density at radius 3 is 2.38 bits per heavy atom. The number of aromatic nitrogens is 5. The van der Waals surface area contributed by atoms with Crippen LogP contribution in [0.5, 0.6) is 5.75 Å². The standard InChI is InChI=1S/C38H45N9O7S2/c1-7-23-20-38(23,36(51)44-56(52,53)26-14-15-26)41-33(49)28-19-24(21-46(28)35(50)31(37(2,3)4)40-32(48)27-9-8-17-45(27)5)47-42-29(22-10-12-25(54-6)13-11-22)30(43-47)34-39-16-18-55-34/h7-13,16-18,23-24,26,28,31H,1,14-15,19-21H2,2-6H3,(H,40,48)(H,41,49)(H,44,51)/t23-,24-,28+,31+,38+/m1/s1. The van der Waals surface area contributed by atoms with Crippen LogP contribution >= 0.6 is 11.3 Å². The third-order valence-electron chi connectivity index (χ3n) is 10.6. The number of thiazole rings is 1. The van der Waals surface area contributed by atoms with Crippen molar-refractivity contribution >= 4 is 45.0 Å². The molecular weight excluding hydrogens is 759 g/mol. The van der Waals surface area contributed by atoms with Crippen molar-refractivity contribution in [2.24, 2.45) is 18.4 Å². The summed E-state index contributed by atoms with van der Waals surface area (Å²) in [7, 11) is -0.614. The molecule has 1 saturated heterocycles. The van der Waals surface area contributed by atoms with Crippen LogP contribution in [0.1, 0.15) is 63.0 Å². The Hall–Kier alpha value is -5.36. The fraction of sp³-hybridized carbons (Fsp3) is 0.447. The molecule has 0 unspecified atom stereocenters. The lowest BCUT2D eigenvalue weighted by Crippen LogP contribution is -2.60. The molecule has 296 valence electrons. The van der Waals surface area contributed by atoms with E-state index < -0.39 is 73.9 Å². The fourth-order valence-electron chi connectivity index (χ4n) is 7.12. The summed E-state index contributed by atoms with van der Waals surface area (Å²) in [4.78, 5) is 63.8. The van der Waals surface area contributed by atoms with E-state index in [1.807, 2.05) is 50.4 Å². The van der Waals surface area contributed by atoms with Crippen molar-refractivity contribution in [3.8, 4) is 27.7 Å². The van der Waals surface area contributed by atoms with Gasteiger partial charge in [0.1, 0.15) is 45.5 Å². The molecule has 1 aliphatic heterocycles. The zero-order chi connectivity index (χ0) is 40.2. The average Bonchev–Trinajstić information content (AvgIpc) is 3.78. The number of nitrogens with one attached hydrogen (secondary N) is 3. The molecule has 2 aliphatic carbocycles. The highest BCUT2D eigenvalue weighted by Crippen LogP contribution is 2.46. The van der Waals surface area contributed by atoms with Gasteiger partial charge in [-0.1, -0.05) is 26.8 Å². The van der Waals surface area contributed by atoms with Crippen molar-refractivity contribution in [1.29, 1.82) is 0 Å². The Bertz CT molecular complexity index is 2270. The normalized spacial score (nSPS) is 22.6. The first-order chi connectivity index (χ1) is 26.6. The monoisotopic (exact) mass is 803 g/mol. The highest BCUT2D eigenvalue weighted by atomic mass is 32.2. The first-order valence-corrected chi connectivity index (χ1v) is 20.7. The molecule has 3 N–H and O–H groups in total. The molecule has 56 heavy (non-hydrogen) atoms. The van der Waals surface area contributed by atoms with Crippen molar-refractivity contribution in [2.45, 2.75) is 75.4 Å². The fourth-order valence-corrected chi connectivity index (χ4v) is 9.11. The van der Waals surface area contributed by atoms with E-state index in [1.165, 1.54) is 27.1 Å². The molecule has 2 saturated carbocycles. The smallest absolute Gasteiger partial charge is 0.268 e. The van der Waals surface area contributed by atoms with E-state index >= 15 is 0 Å². The summed E-state index contributed by atoms with van der Waals surface area (Å²) < 4.78 is 34.7. The molecule has 3 fully saturated rings. The minimum absolute atomic E-state index is 0.0162. The van der Waals surface area contributed by atoms with Gasteiger partial charge in [-0.25, -0.2) is 13.4 Å². The van der Waals surface area contributed by atoms with Crippen molar-refractivity contribution in [3.05, 3.63) is 72.5 Å².